The van der Waals surface area contributed by atoms with Crippen LogP contribution in [0, 0.1) is 0 Å². The molecule has 1 aliphatic carbocycles. The maximum Gasteiger partial charge on any atom is 0.337 e. The molecule has 0 radical (unpaired) electrons. The molecular formula is C18H28N2O4S. The predicted octanol–water partition coefficient (Wildman–Crippen LogP) is 3.60. The highest BCUT2D eigenvalue weighted by Crippen LogP contribution is 2.26. The molecule has 25 heavy (non-hydrogen) atoms. The molecule has 0 saturated heterocycles. The number of sulfonamides is 1. The van der Waals surface area contributed by atoms with E-state index in [0.29, 0.717) is 5.69 Å². The topological polar surface area (TPSA) is 95.5 Å². The fourth-order valence-corrected chi connectivity index (χ4v) is 4.59. The number of aromatic carboxylic acids is 1. The van der Waals surface area contributed by atoms with Gasteiger partial charge in [-0.1, -0.05) is 32.6 Å². The summed E-state index contributed by atoms with van der Waals surface area (Å²) in [5, 5.41) is 12.8. The highest BCUT2D eigenvalue weighted by molar-refractivity contribution is 7.89. The second kappa shape index (κ2) is 8.67. The van der Waals surface area contributed by atoms with Crippen molar-refractivity contribution >= 4 is 21.7 Å². The van der Waals surface area contributed by atoms with Crippen LogP contribution < -0.4 is 10.0 Å². The Labute approximate surface area is 150 Å². The summed E-state index contributed by atoms with van der Waals surface area (Å²) >= 11 is 0. The van der Waals surface area contributed by atoms with Crippen molar-refractivity contribution in [2.75, 3.05) is 5.32 Å². The van der Waals surface area contributed by atoms with Crippen LogP contribution in [0.5, 0.6) is 0 Å². The number of carbonyl (C=O) groups is 1. The minimum Gasteiger partial charge on any atom is -0.478 e. The lowest BCUT2D eigenvalue weighted by Gasteiger charge is -2.25. The molecule has 1 aromatic carbocycles. The van der Waals surface area contributed by atoms with E-state index in [4.69, 9.17) is 0 Å². The predicted molar refractivity (Wildman–Crippen MR) is 98.6 cm³/mol. The molecule has 0 spiro atoms. The molecule has 140 valence electrons. The Morgan fingerprint density at radius 1 is 1.28 bits per heavy atom. The summed E-state index contributed by atoms with van der Waals surface area (Å²) in [7, 11) is -3.73. The third-order valence-corrected chi connectivity index (χ3v) is 6.16. The molecule has 2 rings (SSSR count). The van der Waals surface area contributed by atoms with Crippen molar-refractivity contribution in [3.63, 3.8) is 0 Å². The first-order chi connectivity index (χ1) is 11.8. The second-order valence-electron chi connectivity index (χ2n) is 6.80. The van der Waals surface area contributed by atoms with Crippen molar-refractivity contribution in [3.05, 3.63) is 23.8 Å². The summed E-state index contributed by atoms with van der Waals surface area (Å²) in [5.74, 6) is -1.13. The van der Waals surface area contributed by atoms with Gasteiger partial charge in [-0.15, -0.1) is 0 Å². The monoisotopic (exact) mass is 368 g/mol. The van der Waals surface area contributed by atoms with Gasteiger partial charge in [0, 0.05) is 17.8 Å². The van der Waals surface area contributed by atoms with Crippen molar-refractivity contribution in [3.8, 4) is 0 Å². The van der Waals surface area contributed by atoms with E-state index < -0.39 is 16.0 Å². The number of carboxylic acid groups (broad SMARTS) is 1. The molecule has 3 N–H and O–H groups in total. The molecule has 1 fully saturated rings. The number of nitrogens with one attached hydrogen (secondary N) is 2. The second-order valence-corrected chi connectivity index (χ2v) is 8.52. The molecule has 0 heterocycles. The smallest absolute Gasteiger partial charge is 0.337 e. The summed E-state index contributed by atoms with van der Waals surface area (Å²) in [6.45, 7) is 3.79. The highest BCUT2D eigenvalue weighted by atomic mass is 32.2. The average Bonchev–Trinajstić information content (AvgIpc) is 2.55. The van der Waals surface area contributed by atoms with Gasteiger partial charge in [0.1, 0.15) is 0 Å². The molecule has 0 bridgehead atoms. The van der Waals surface area contributed by atoms with Gasteiger partial charge in [0.15, 0.2) is 0 Å². The van der Waals surface area contributed by atoms with Crippen LogP contribution in [-0.2, 0) is 10.0 Å². The van der Waals surface area contributed by atoms with Crippen LogP contribution in [0.3, 0.4) is 0 Å². The average molecular weight is 368 g/mol. The molecule has 7 heteroatoms. The zero-order valence-electron chi connectivity index (χ0n) is 14.9. The van der Waals surface area contributed by atoms with Crippen LogP contribution in [-0.4, -0.2) is 31.6 Å². The van der Waals surface area contributed by atoms with Crippen molar-refractivity contribution in [2.45, 2.75) is 75.8 Å². The summed E-state index contributed by atoms with van der Waals surface area (Å²) in [5.41, 5.74) is 0.483. The number of hydrogen-bond donors (Lipinski definition) is 3. The highest BCUT2D eigenvalue weighted by Gasteiger charge is 2.22. The van der Waals surface area contributed by atoms with Gasteiger partial charge in [0.05, 0.1) is 10.5 Å². The maximum atomic E-state index is 12.5. The normalized spacial score (nSPS) is 17.2. The number of anilines is 1. The molecule has 1 atom stereocenters. The molecule has 6 nitrogen and oxygen atoms in total. The zero-order valence-corrected chi connectivity index (χ0v) is 15.7. The van der Waals surface area contributed by atoms with Gasteiger partial charge in [0.25, 0.3) is 0 Å². The van der Waals surface area contributed by atoms with E-state index in [1.807, 2.05) is 6.92 Å². The Bertz CT molecular complexity index is 697. The Balaban J connectivity index is 2.23. The molecule has 0 aliphatic heterocycles. The number of hydrogen-bond acceptors (Lipinski definition) is 4. The van der Waals surface area contributed by atoms with E-state index in [-0.39, 0.29) is 22.5 Å². The van der Waals surface area contributed by atoms with Gasteiger partial charge in [-0.2, -0.15) is 0 Å². The lowest BCUT2D eigenvalue weighted by Crippen LogP contribution is -2.32. The van der Waals surface area contributed by atoms with Crippen molar-refractivity contribution in [1.29, 1.82) is 0 Å². The number of rotatable bonds is 8. The minimum atomic E-state index is -3.73. The van der Waals surface area contributed by atoms with Gasteiger partial charge < -0.3 is 10.4 Å². The van der Waals surface area contributed by atoms with Gasteiger partial charge >= 0.3 is 5.97 Å². The van der Waals surface area contributed by atoms with E-state index in [0.717, 1.165) is 38.5 Å². The van der Waals surface area contributed by atoms with Crippen LogP contribution in [0.2, 0.25) is 0 Å². The van der Waals surface area contributed by atoms with Gasteiger partial charge in [-0.25, -0.2) is 17.9 Å². The Morgan fingerprint density at radius 2 is 1.96 bits per heavy atom. The van der Waals surface area contributed by atoms with Crippen LogP contribution in [0.25, 0.3) is 0 Å². The SMILES string of the molecule is CCC[C@@H](C)NS(=O)(=O)c1ccc(NC2CCCCC2)c(C(=O)O)c1. The van der Waals surface area contributed by atoms with Crippen molar-refractivity contribution < 1.29 is 18.3 Å². The van der Waals surface area contributed by atoms with Crippen LogP contribution in [0.1, 0.15) is 69.2 Å². The summed E-state index contributed by atoms with van der Waals surface area (Å²) < 4.78 is 27.5. The lowest BCUT2D eigenvalue weighted by atomic mass is 9.95. The molecule has 1 saturated carbocycles. The first-order valence-corrected chi connectivity index (χ1v) is 10.5. The van der Waals surface area contributed by atoms with E-state index in [1.165, 1.54) is 18.6 Å². The fraction of sp³-hybridized carbons (Fsp3) is 0.611. The first-order valence-electron chi connectivity index (χ1n) is 8.99. The van der Waals surface area contributed by atoms with Crippen LogP contribution in [0.4, 0.5) is 5.69 Å². The van der Waals surface area contributed by atoms with E-state index in [1.54, 1.807) is 13.0 Å². The van der Waals surface area contributed by atoms with Crippen LogP contribution in [0.15, 0.2) is 23.1 Å². The third kappa shape index (κ3) is 5.44. The molecule has 0 amide bonds. The lowest BCUT2D eigenvalue weighted by molar-refractivity contribution is 0.0697. The molecule has 0 unspecified atom stereocenters. The largest absolute Gasteiger partial charge is 0.478 e. The summed E-state index contributed by atoms with van der Waals surface area (Å²) in [6, 6.07) is 4.34. The zero-order chi connectivity index (χ0) is 18.4. The maximum absolute atomic E-state index is 12.5. The fourth-order valence-electron chi connectivity index (χ4n) is 3.29. The van der Waals surface area contributed by atoms with Gasteiger partial charge in [-0.3, -0.25) is 0 Å². The minimum absolute atomic E-state index is 0.00315. The van der Waals surface area contributed by atoms with E-state index >= 15 is 0 Å². The van der Waals surface area contributed by atoms with E-state index in [9.17, 15) is 18.3 Å². The molecule has 1 aliphatic rings. The van der Waals surface area contributed by atoms with E-state index in [2.05, 4.69) is 10.0 Å². The third-order valence-electron chi connectivity index (χ3n) is 4.57. The number of carboxylic acids is 1. The summed E-state index contributed by atoms with van der Waals surface area (Å²) in [4.78, 5) is 11.6. The van der Waals surface area contributed by atoms with Gasteiger partial charge in [0.2, 0.25) is 10.0 Å². The Kier molecular flexibility index (Phi) is 6.84. The summed E-state index contributed by atoms with van der Waals surface area (Å²) in [6.07, 6.45) is 7.09. The first kappa shape index (κ1) is 19.7. The molecular weight excluding hydrogens is 340 g/mol. The molecule has 0 aromatic heterocycles. The quantitative estimate of drug-likeness (QED) is 0.652. The standard InChI is InChI=1S/C18H28N2O4S/c1-3-7-13(2)20-25(23,24)15-10-11-17(16(12-15)18(21)22)19-14-8-5-4-6-9-14/h10-14,19-20H,3-9H2,1-2H3,(H,21,22)/t13-/m1/s1. The Hall–Kier alpha value is -1.60. The van der Waals surface area contributed by atoms with Gasteiger partial charge in [-0.05, 0) is 44.4 Å². The Morgan fingerprint density at radius 3 is 2.56 bits per heavy atom. The number of benzene rings is 1. The van der Waals surface area contributed by atoms with Crippen LogP contribution >= 0.6 is 0 Å². The molecule has 1 aromatic rings. The van der Waals surface area contributed by atoms with Crippen molar-refractivity contribution in [1.82, 2.24) is 4.72 Å². The van der Waals surface area contributed by atoms with Crippen molar-refractivity contribution in [2.24, 2.45) is 0 Å².